The van der Waals surface area contributed by atoms with E-state index in [-0.39, 0.29) is 0 Å². The molecule has 0 aliphatic carbocycles. The van der Waals surface area contributed by atoms with Gasteiger partial charge in [-0.2, -0.15) is 0 Å². The number of hydrogen-bond donors (Lipinski definition) is 2. The summed E-state index contributed by atoms with van der Waals surface area (Å²) in [6.07, 6.45) is 2.29. The Labute approximate surface area is 88.7 Å². The van der Waals surface area contributed by atoms with Crippen molar-refractivity contribution in [2.24, 2.45) is 0 Å². The molecule has 0 saturated carbocycles. The molecule has 0 spiro atoms. The van der Waals surface area contributed by atoms with Gasteiger partial charge in [-0.1, -0.05) is 23.4 Å². The van der Waals surface area contributed by atoms with E-state index in [0.29, 0.717) is 16.4 Å². The monoisotopic (exact) mass is 209 g/mol. The molecule has 0 atom stereocenters. The molecule has 3 nitrogen and oxygen atoms in total. The Hall–Kier alpha value is -1.24. The second-order valence-electron chi connectivity index (χ2n) is 2.76. The third kappa shape index (κ3) is 3.25. The largest absolute Gasteiger partial charge is 0.397 e. The van der Waals surface area contributed by atoms with Gasteiger partial charge in [-0.25, -0.2) is 4.98 Å². The molecule has 1 heterocycles. The molecular formula is C10H12ClN3. The molecule has 1 aromatic rings. The number of nitrogens with zero attached hydrogens (tertiary/aromatic N) is 1. The van der Waals surface area contributed by atoms with Crippen molar-refractivity contribution >= 4 is 17.3 Å². The molecule has 74 valence electrons. The van der Waals surface area contributed by atoms with Crippen LogP contribution < -0.4 is 11.1 Å². The zero-order valence-corrected chi connectivity index (χ0v) is 8.73. The third-order valence-electron chi connectivity index (χ3n) is 1.58. The number of nitrogens with one attached hydrogen (secondary N) is 1. The minimum atomic E-state index is 0.399. The maximum absolute atomic E-state index is 5.82. The fraction of sp³-hybridized carbons (Fsp3) is 0.300. The average molecular weight is 210 g/mol. The fourth-order valence-electron chi connectivity index (χ4n) is 0.897. The first-order valence-corrected chi connectivity index (χ1v) is 4.66. The molecule has 14 heavy (non-hydrogen) atoms. The van der Waals surface area contributed by atoms with Crippen LogP contribution in [0.15, 0.2) is 12.3 Å². The molecule has 0 radical (unpaired) electrons. The molecule has 4 heteroatoms. The Balaban J connectivity index is 2.73. The van der Waals surface area contributed by atoms with Crippen LogP contribution in [0.3, 0.4) is 0 Å². The van der Waals surface area contributed by atoms with Gasteiger partial charge in [0.1, 0.15) is 5.15 Å². The summed E-state index contributed by atoms with van der Waals surface area (Å²) in [5, 5.41) is 3.40. The predicted molar refractivity (Wildman–Crippen MR) is 59.1 cm³/mol. The summed E-state index contributed by atoms with van der Waals surface area (Å²) in [6, 6.07) is 1.72. The molecular weight excluding hydrogens is 198 g/mol. The number of halogens is 1. The molecule has 0 fully saturated rings. The van der Waals surface area contributed by atoms with Crippen molar-refractivity contribution in [3.63, 3.8) is 0 Å². The average Bonchev–Trinajstić information content (AvgIpc) is 2.18. The van der Waals surface area contributed by atoms with E-state index in [1.54, 1.807) is 6.07 Å². The minimum absolute atomic E-state index is 0.399. The van der Waals surface area contributed by atoms with Crippen LogP contribution in [0.4, 0.5) is 5.69 Å². The molecule has 1 aromatic heterocycles. The van der Waals surface area contributed by atoms with Gasteiger partial charge in [0.05, 0.1) is 17.4 Å². The number of anilines is 1. The van der Waals surface area contributed by atoms with Gasteiger partial charge in [0.25, 0.3) is 0 Å². The van der Waals surface area contributed by atoms with E-state index in [4.69, 9.17) is 17.3 Å². The van der Waals surface area contributed by atoms with E-state index in [1.165, 1.54) is 6.20 Å². The number of nitrogen functional groups attached to an aromatic ring is 1. The normalized spacial score (nSPS) is 9.29. The summed E-state index contributed by atoms with van der Waals surface area (Å²) >= 11 is 5.82. The van der Waals surface area contributed by atoms with Crippen molar-refractivity contribution in [2.75, 3.05) is 19.3 Å². The van der Waals surface area contributed by atoms with E-state index in [9.17, 15) is 0 Å². The first-order valence-electron chi connectivity index (χ1n) is 4.28. The van der Waals surface area contributed by atoms with E-state index >= 15 is 0 Å². The van der Waals surface area contributed by atoms with Crippen LogP contribution in [0.1, 0.15) is 12.0 Å². The van der Waals surface area contributed by atoms with Gasteiger partial charge in [0, 0.05) is 13.0 Å². The van der Waals surface area contributed by atoms with Crippen molar-refractivity contribution in [1.82, 2.24) is 10.3 Å². The summed E-state index contributed by atoms with van der Waals surface area (Å²) in [4.78, 5) is 3.90. The highest BCUT2D eigenvalue weighted by Gasteiger charge is 1.97. The Bertz CT molecular complexity index is 365. The van der Waals surface area contributed by atoms with Crippen LogP contribution in [0.2, 0.25) is 5.15 Å². The van der Waals surface area contributed by atoms with Gasteiger partial charge >= 0.3 is 0 Å². The summed E-state index contributed by atoms with van der Waals surface area (Å²) < 4.78 is 0. The summed E-state index contributed by atoms with van der Waals surface area (Å²) in [7, 11) is 1.89. The fourth-order valence-corrected chi connectivity index (χ4v) is 1.05. The Morgan fingerprint density at radius 3 is 3.14 bits per heavy atom. The summed E-state index contributed by atoms with van der Waals surface area (Å²) in [6.45, 7) is 0.861. The molecule has 0 amide bonds. The lowest BCUT2D eigenvalue weighted by molar-refractivity contribution is 0.818. The zero-order chi connectivity index (χ0) is 10.4. The van der Waals surface area contributed by atoms with Crippen molar-refractivity contribution in [2.45, 2.75) is 6.42 Å². The van der Waals surface area contributed by atoms with Crippen LogP contribution in [-0.2, 0) is 0 Å². The van der Waals surface area contributed by atoms with Crippen molar-refractivity contribution in [3.8, 4) is 11.8 Å². The Kier molecular flexibility index (Phi) is 4.24. The van der Waals surface area contributed by atoms with Crippen LogP contribution in [-0.4, -0.2) is 18.6 Å². The van der Waals surface area contributed by atoms with Crippen LogP contribution in [0.5, 0.6) is 0 Å². The maximum atomic E-state index is 5.82. The van der Waals surface area contributed by atoms with E-state index in [2.05, 4.69) is 22.1 Å². The number of pyridine rings is 1. The molecule has 1 rings (SSSR count). The third-order valence-corrected chi connectivity index (χ3v) is 1.88. The van der Waals surface area contributed by atoms with Crippen molar-refractivity contribution in [1.29, 1.82) is 0 Å². The standard InChI is InChI=1S/C10H12ClN3/c1-13-5-3-2-4-8-6-9(12)7-14-10(8)11/h6-7,13H,3,5,12H2,1H3. The number of hydrogen-bond acceptors (Lipinski definition) is 3. The van der Waals surface area contributed by atoms with Crippen molar-refractivity contribution < 1.29 is 0 Å². The second-order valence-corrected chi connectivity index (χ2v) is 3.12. The first kappa shape index (κ1) is 10.8. The Morgan fingerprint density at radius 2 is 2.43 bits per heavy atom. The maximum Gasteiger partial charge on any atom is 0.144 e. The highest BCUT2D eigenvalue weighted by molar-refractivity contribution is 6.30. The molecule has 0 aliphatic rings. The van der Waals surface area contributed by atoms with Gasteiger partial charge in [-0.15, -0.1) is 0 Å². The van der Waals surface area contributed by atoms with E-state index in [0.717, 1.165) is 13.0 Å². The minimum Gasteiger partial charge on any atom is -0.397 e. The molecule has 0 aromatic carbocycles. The number of rotatable bonds is 2. The van der Waals surface area contributed by atoms with Crippen LogP contribution >= 0.6 is 11.6 Å². The molecule has 0 aliphatic heterocycles. The van der Waals surface area contributed by atoms with Gasteiger partial charge in [0.2, 0.25) is 0 Å². The highest BCUT2D eigenvalue weighted by atomic mass is 35.5. The van der Waals surface area contributed by atoms with Gasteiger partial charge in [0.15, 0.2) is 0 Å². The highest BCUT2D eigenvalue weighted by Crippen LogP contribution is 2.13. The van der Waals surface area contributed by atoms with Gasteiger partial charge < -0.3 is 11.1 Å². The topological polar surface area (TPSA) is 50.9 Å². The second kappa shape index (κ2) is 5.48. The summed E-state index contributed by atoms with van der Waals surface area (Å²) in [5.41, 5.74) is 6.82. The first-order chi connectivity index (χ1) is 6.74. The molecule has 0 bridgehead atoms. The molecule has 0 saturated heterocycles. The Morgan fingerprint density at radius 1 is 1.64 bits per heavy atom. The molecule has 3 N–H and O–H groups in total. The lowest BCUT2D eigenvalue weighted by atomic mass is 10.2. The lowest BCUT2D eigenvalue weighted by Gasteiger charge is -1.96. The van der Waals surface area contributed by atoms with E-state index in [1.807, 2.05) is 7.05 Å². The summed E-state index contributed by atoms with van der Waals surface area (Å²) in [5.74, 6) is 5.90. The smallest absolute Gasteiger partial charge is 0.144 e. The zero-order valence-electron chi connectivity index (χ0n) is 7.97. The van der Waals surface area contributed by atoms with Crippen LogP contribution in [0, 0.1) is 11.8 Å². The number of nitrogens with two attached hydrogens (primary N) is 1. The quantitative estimate of drug-likeness (QED) is 0.438. The van der Waals surface area contributed by atoms with Gasteiger partial charge in [-0.3, -0.25) is 0 Å². The van der Waals surface area contributed by atoms with E-state index < -0.39 is 0 Å². The SMILES string of the molecule is CNCCC#Cc1cc(N)cnc1Cl. The lowest BCUT2D eigenvalue weighted by Crippen LogP contribution is -2.05. The van der Waals surface area contributed by atoms with Gasteiger partial charge in [-0.05, 0) is 13.1 Å². The predicted octanol–water partition coefficient (Wildman–Crippen LogP) is 1.28. The molecule has 0 unspecified atom stereocenters. The van der Waals surface area contributed by atoms with Crippen LogP contribution in [0.25, 0.3) is 0 Å². The van der Waals surface area contributed by atoms with Crippen molar-refractivity contribution in [3.05, 3.63) is 23.0 Å². The number of aromatic nitrogens is 1.